The summed E-state index contributed by atoms with van der Waals surface area (Å²) < 4.78 is 5.96. The molecule has 1 heterocycles. The van der Waals surface area contributed by atoms with Crippen LogP contribution in [0.5, 0.6) is 5.75 Å². The first-order chi connectivity index (χ1) is 11.9. The van der Waals surface area contributed by atoms with Crippen LogP contribution in [0.3, 0.4) is 0 Å². The number of hydrogen-bond acceptors (Lipinski definition) is 3. The van der Waals surface area contributed by atoms with E-state index >= 15 is 0 Å². The zero-order valence-corrected chi connectivity index (χ0v) is 14.7. The Balaban J connectivity index is 1.89. The van der Waals surface area contributed by atoms with Crippen LogP contribution in [-0.2, 0) is 11.4 Å². The van der Waals surface area contributed by atoms with Gasteiger partial charge in [-0.15, -0.1) is 0 Å². The molecule has 2 aromatic carbocycles. The van der Waals surface area contributed by atoms with Crippen molar-refractivity contribution in [1.29, 1.82) is 0 Å². The molecule has 0 aliphatic carbocycles. The van der Waals surface area contributed by atoms with Crippen molar-refractivity contribution >= 4 is 22.5 Å². The molecule has 4 heteroatoms. The topological polar surface area (TPSA) is 51.2 Å². The van der Waals surface area contributed by atoms with Crippen LogP contribution in [0.15, 0.2) is 60.8 Å². The molecule has 0 saturated carbocycles. The van der Waals surface area contributed by atoms with Crippen molar-refractivity contribution in [3.8, 4) is 5.75 Å². The fourth-order valence-corrected chi connectivity index (χ4v) is 2.42. The molecule has 0 aliphatic heterocycles. The first-order valence-corrected chi connectivity index (χ1v) is 8.31. The number of pyridine rings is 1. The minimum Gasteiger partial charge on any atom is -0.487 e. The van der Waals surface area contributed by atoms with E-state index in [0.29, 0.717) is 12.4 Å². The van der Waals surface area contributed by atoms with Crippen LogP contribution in [0.25, 0.3) is 10.9 Å². The largest absolute Gasteiger partial charge is 0.487 e. The van der Waals surface area contributed by atoms with Gasteiger partial charge in [0.2, 0.25) is 5.91 Å². The van der Waals surface area contributed by atoms with Gasteiger partial charge in [0.25, 0.3) is 0 Å². The van der Waals surface area contributed by atoms with Crippen molar-refractivity contribution in [3.05, 3.63) is 66.4 Å². The molecule has 0 unspecified atom stereocenters. The number of aromatic nitrogens is 1. The maximum absolute atomic E-state index is 12.3. The first kappa shape index (κ1) is 17.0. The number of nitrogens with one attached hydrogen (secondary N) is 1. The number of benzene rings is 2. The fraction of sp³-hybridized carbons (Fsp3) is 0.238. The zero-order chi connectivity index (χ0) is 17.9. The highest BCUT2D eigenvalue weighted by Gasteiger charge is 2.22. The van der Waals surface area contributed by atoms with Gasteiger partial charge in [-0.1, -0.05) is 51.1 Å². The molecular weight excluding hydrogens is 312 g/mol. The van der Waals surface area contributed by atoms with Gasteiger partial charge in [-0.2, -0.15) is 0 Å². The van der Waals surface area contributed by atoms with E-state index in [9.17, 15) is 4.79 Å². The number of amides is 1. The molecule has 0 saturated heterocycles. The number of carbonyl (C=O) groups is 1. The fourth-order valence-electron chi connectivity index (χ4n) is 2.42. The molecule has 25 heavy (non-hydrogen) atoms. The minimum absolute atomic E-state index is 0.0318. The van der Waals surface area contributed by atoms with Gasteiger partial charge in [0.1, 0.15) is 17.9 Å². The molecule has 1 N–H and O–H groups in total. The molecule has 0 bridgehead atoms. The molecule has 3 rings (SSSR count). The van der Waals surface area contributed by atoms with Gasteiger partial charge in [0, 0.05) is 17.0 Å². The third kappa shape index (κ3) is 3.97. The van der Waals surface area contributed by atoms with Crippen molar-refractivity contribution < 1.29 is 9.53 Å². The second kappa shape index (κ2) is 6.93. The van der Waals surface area contributed by atoms with E-state index in [2.05, 4.69) is 10.3 Å². The first-order valence-electron chi connectivity index (χ1n) is 8.31. The molecule has 0 fully saturated rings. The maximum Gasteiger partial charge on any atom is 0.229 e. The summed E-state index contributed by atoms with van der Waals surface area (Å²) in [7, 11) is 0. The zero-order valence-electron chi connectivity index (χ0n) is 14.7. The highest BCUT2D eigenvalue weighted by atomic mass is 16.5. The Morgan fingerprint density at radius 1 is 1.04 bits per heavy atom. The van der Waals surface area contributed by atoms with Crippen molar-refractivity contribution in [1.82, 2.24) is 4.98 Å². The summed E-state index contributed by atoms with van der Waals surface area (Å²) >= 11 is 0. The summed E-state index contributed by atoms with van der Waals surface area (Å²) in [6.45, 7) is 6.14. The average Bonchev–Trinajstić information content (AvgIpc) is 2.61. The van der Waals surface area contributed by atoms with Gasteiger partial charge in [-0.05, 0) is 29.8 Å². The summed E-state index contributed by atoms with van der Waals surface area (Å²) in [5, 5.41) is 3.86. The minimum atomic E-state index is -0.461. The van der Waals surface area contributed by atoms with Crippen molar-refractivity contribution in [2.45, 2.75) is 27.4 Å². The van der Waals surface area contributed by atoms with Gasteiger partial charge >= 0.3 is 0 Å². The van der Waals surface area contributed by atoms with Crippen LogP contribution in [0.1, 0.15) is 26.3 Å². The predicted octanol–water partition coefficient (Wildman–Crippen LogP) is 4.80. The summed E-state index contributed by atoms with van der Waals surface area (Å²) in [5.41, 5.74) is 2.12. The van der Waals surface area contributed by atoms with Gasteiger partial charge in [0.05, 0.1) is 5.69 Å². The lowest BCUT2D eigenvalue weighted by Crippen LogP contribution is -2.27. The quantitative estimate of drug-likeness (QED) is 0.746. The number of hydrogen-bond donors (Lipinski definition) is 1. The molecule has 0 radical (unpaired) electrons. The lowest BCUT2D eigenvalue weighted by molar-refractivity contribution is -0.123. The number of nitrogens with zero attached hydrogens (tertiary/aromatic N) is 1. The molecule has 4 nitrogen and oxygen atoms in total. The number of fused-ring (bicyclic) bond motifs is 1. The molecule has 0 atom stereocenters. The van der Waals surface area contributed by atoms with Crippen LogP contribution in [0.2, 0.25) is 0 Å². The van der Waals surface area contributed by atoms with E-state index in [1.54, 1.807) is 6.20 Å². The van der Waals surface area contributed by atoms with Crippen molar-refractivity contribution in [2.24, 2.45) is 5.41 Å². The monoisotopic (exact) mass is 334 g/mol. The second-order valence-corrected chi connectivity index (χ2v) is 6.99. The molecule has 1 aromatic heterocycles. The van der Waals surface area contributed by atoms with Gasteiger partial charge in [-0.25, -0.2) is 0 Å². The Morgan fingerprint density at radius 3 is 2.52 bits per heavy atom. The molecule has 0 aliphatic rings. The average molecular weight is 334 g/mol. The molecule has 1 amide bonds. The van der Waals surface area contributed by atoms with E-state index in [0.717, 1.165) is 22.2 Å². The lowest BCUT2D eigenvalue weighted by Gasteiger charge is -2.19. The van der Waals surface area contributed by atoms with E-state index in [1.165, 1.54) is 0 Å². The Morgan fingerprint density at radius 2 is 1.80 bits per heavy atom. The van der Waals surface area contributed by atoms with Crippen LogP contribution >= 0.6 is 0 Å². The summed E-state index contributed by atoms with van der Waals surface area (Å²) in [6.07, 6.45) is 1.73. The number of ether oxygens (including phenoxy) is 1. The van der Waals surface area contributed by atoms with E-state index in [-0.39, 0.29) is 5.91 Å². The third-order valence-electron chi connectivity index (χ3n) is 3.90. The standard InChI is InChI=1S/C21H22N2O2/c1-21(2,3)20(24)23-17-11-12-18(19-16(17)10-7-13-22-19)25-14-15-8-5-4-6-9-15/h4-13H,14H2,1-3H3,(H,23,24). The number of carbonyl (C=O) groups excluding carboxylic acids is 1. The maximum atomic E-state index is 12.3. The van der Waals surface area contributed by atoms with Gasteiger partial charge < -0.3 is 10.1 Å². The van der Waals surface area contributed by atoms with E-state index < -0.39 is 5.41 Å². The van der Waals surface area contributed by atoms with E-state index in [4.69, 9.17) is 4.74 Å². The van der Waals surface area contributed by atoms with Crippen LogP contribution in [0, 0.1) is 5.41 Å². The summed E-state index contributed by atoms with van der Waals surface area (Å²) in [4.78, 5) is 16.8. The molecular formula is C21H22N2O2. The summed E-state index contributed by atoms with van der Waals surface area (Å²) in [6, 6.07) is 17.5. The Bertz CT molecular complexity index is 883. The highest BCUT2D eigenvalue weighted by Crippen LogP contribution is 2.31. The van der Waals surface area contributed by atoms with Crippen LogP contribution in [-0.4, -0.2) is 10.9 Å². The normalized spacial score (nSPS) is 11.3. The van der Waals surface area contributed by atoms with E-state index in [1.807, 2.05) is 75.4 Å². The van der Waals surface area contributed by atoms with Crippen molar-refractivity contribution in [3.63, 3.8) is 0 Å². The smallest absolute Gasteiger partial charge is 0.229 e. The Labute approximate surface area is 147 Å². The van der Waals surface area contributed by atoms with Crippen LogP contribution in [0.4, 0.5) is 5.69 Å². The Hall–Kier alpha value is -2.88. The molecule has 0 spiro atoms. The lowest BCUT2D eigenvalue weighted by atomic mass is 9.95. The molecule has 3 aromatic rings. The van der Waals surface area contributed by atoms with Gasteiger partial charge in [-0.3, -0.25) is 9.78 Å². The molecule has 128 valence electrons. The summed E-state index contributed by atoms with van der Waals surface area (Å²) in [5.74, 6) is 0.670. The highest BCUT2D eigenvalue weighted by molar-refractivity contribution is 6.04. The predicted molar refractivity (Wildman–Crippen MR) is 101 cm³/mol. The number of anilines is 1. The number of rotatable bonds is 4. The van der Waals surface area contributed by atoms with Crippen LogP contribution < -0.4 is 10.1 Å². The van der Waals surface area contributed by atoms with Crippen molar-refractivity contribution in [2.75, 3.05) is 5.32 Å². The Kier molecular flexibility index (Phi) is 4.70. The van der Waals surface area contributed by atoms with Gasteiger partial charge in [0.15, 0.2) is 0 Å². The SMILES string of the molecule is CC(C)(C)C(=O)Nc1ccc(OCc2ccccc2)c2ncccc12. The second-order valence-electron chi connectivity index (χ2n) is 6.99. The third-order valence-corrected chi connectivity index (χ3v) is 3.90.